The summed E-state index contributed by atoms with van der Waals surface area (Å²) in [5, 5.41) is 5.93. The zero-order valence-corrected chi connectivity index (χ0v) is 10.9. The molecule has 20 heavy (non-hydrogen) atoms. The molecule has 0 fully saturated rings. The normalized spacial score (nSPS) is 9.40. The fraction of sp³-hybridized carbons (Fsp3) is 0. The quantitative estimate of drug-likeness (QED) is 0.747. The van der Waals surface area contributed by atoms with Gasteiger partial charge in [0, 0.05) is 6.20 Å². The number of rotatable bonds is 2. The first-order chi connectivity index (χ1) is 9.77. The van der Waals surface area contributed by atoms with Crippen molar-refractivity contribution < 1.29 is 4.79 Å². The minimum atomic E-state index is -0.484. The van der Waals surface area contributed by atoms with Gasteiger partial charge in [-0.2, -0.15) is 5.10 Å². The van der Waals surface area contributed by atoms with E-state index >= 15 is 0 Å². The Balaban J connectivity index is 0.000000160. The highest BCUT2D eigenvalue weighted by atomic mass is 16.1. The molecule has 3 rings (SSSR count). The van der Waals surface area contributed by atoms with Crippen LogP contribution in [0, 0.1) is 0 Å². The van der Waals surface area contributed by atoms with Gasteiger partial charge in [-0.1, -0.05) is 60.7 Å². The highest BCUT2D eigenvalue weighted by molar-refractivity contribution is 5.90. The Morgan fingerprint density at radius 3 is 1.65 bits per heavy atom. The topological polar surface area (TPSA) is 71.8 Å². The summed E-state index contributed by atoms with van der Waals surface area (Å²) >= 11 is 0. The van der Waals surface area contributed by atoms with E-state index < -0.39 is 5.91 Å². The summed E-state index contributed by atoms with van der Waals surface area (Å²) in [4.78, 5) is 10.2. The van der Waals surface area contributed by atoms with Crippen LogP contribution in [-0.2, 0) is 0 Å². The van der Waals surface area contributed by atoms with Crippen LogP contribution >= 0.6 is 0 Å². The summed E-state index contributed by atoms with van der Waals surface area (Å²) in [6, 6.07) is 22.3. The largest absolute Gasteiger partial charge is 0.364 e. The third-order valence-corrected chi connectivity index (χ3v) is 2.65. The predicted octanol–water partition coefficient (Wildman–Crippen LogP) is 2.86. The lowest BCUT2D eigenvalue weighted by atomic mass is 10.1. The fourth-order valence-electron chi connectivity index (χ4n) is 1.65. The fourth-order valence-corrected chi connectivity index (χ4v) is 1.65. The van der Waals surface area contributed by atoms with Crippen LogP contribution in [0.25, 0.3) is 11.1 Å². The van der Waals surface area contributed by atoms with E-state index in [0.717, 1.165) is 0 Å². The van der Waals surface area contributed by atoms with Crippen molar-refractivity contribution in [1.82, 2.24) is 10.2 Å². The summed E-state index contributed by atoms with van der Waals surface area (Å²) in [7, 11) is 0. The van der Waals surface area contributed by atoms with E-state index in [1.54, 1.807) is 0 Å². The molecule has 100 valence electrons. The number of carbonyl (C=O) groups excluding carboxylic acids is 1. The van der Waals surface area contributed by atoms with Crippen molar-refractivity contribution in [1.29, 1.82) is 0 Å². The van der Waals surface area contributed by atoms with Crippen molar-refractivity contribution in [3.8, 4) is 11.1 Å². The van der Waals surface area contributed by atoms with Crippen LogP contribution in [0.4, 0.5) is 0 Å². The second-order valence-corrected chi connectivity index (χ2v) is 4.07. The second kappa shape index (κ2) is 6.89. The van der Waals surface area contributed by atoms with E-state index in [0.29, 0.717) is 5.69 Å². The Bertz CT molecular complexity index is 597. The molecule has 4 heteroatoms. The van der Waals surface area contributed by atoms with E-state index in [1.807, 2.05) is 12.1 Å². The van der Waals surface area contributed by atoms with Gasteiger partial charge in [0.05, 0.1) is 0 Å². The third kappa shape index (κ3) is 3.81. The molecule has 0 aliphatic carbocycles. The number of primary amides is 1. The SMILES string of the molecule is NC(=O)c1ccn[nH]1.c1ccc(-c2ccccc2)cc1. The van der Waals surface area contributed by atoms with Crippen molar-refractivity contribution in [2.24, 2.45) is 5.73 Å². The van der Waals surface area contributed by atoms with Gasteiger partial charge in [0.15, 0.2) is 0 Å². The molecule has 0 aliphatic rings. The first kappa shape index (κ1) is 13.5. The molecular weight excluding hydrogens is 250 g/mol. The Hall–Kier alpha value is -2.88. The van der Waals surface area contributed by atoms with Gasteiger partial charge in [-0.15, -0.1) is 0 Å². The lowest BCUT2D eigenvalue weighted by Gasteiger charge is -1.98. The monoisotopic (exact) mass is 265 g/mol. The van der Waals surface area contributed by atoms with Crippen molar-refractivity contribution in [3.63, 3.8) is 0 Å². The van der Waals surface area contributed by atoms with Gasteiger partial charge in [0.2, 0.25) is 0 Å². The summed E-state index contributed by atoms with van der Waals surface area (Å²) in [5.41, 5.74) is 7.74. The molecule has 0 saturated carbocycles. The van der Waals surface area contributed by atoms with Crippen LogP contribution in [0.1, 0.15) is 10.5 Å². The van der Waals surface area contributed by atoms with Crippen LogP contribution in [0.3, 0.4) is 0 Å². The summed E-state index contributed by atoms with van der Waals surface area (Å²) in [6.07, 6.45) is 1.47. The maximum Gasteiger partial charge on any atom is 0.266 e. The number of nitrogens with one attached hydrogen (secondary N) is 1. The average Bonchev–Trinajstić information content (AvgIpc) is 3.04. The van der Waals surface area contributed by atoms with E-state index in [-0.39, 0.29) is 0 Å². The van der Waals surface area contributed by atoms with Crippen LogP contribution in [0.5, 0.6) is 0 Å². The van der Waals surface area contributed by atoms with E-state index in [1.165, 1.54) is 23.4 Å². The molecule has 0 unspecified atom stereocenters. The lowest BCUT2D eigenvalue weighted by molar-refractivity contribution is 0.0995. The molecule has 1 aromatic heterocycles. The molecule has 4 nitrogen and oxygen atoms in total. The first-order valence-electron chi connectivity index (χ1n) is 6.17. The Morgan fingerprint density at radius 2 is 1.35 bits per heavy atom. The van der Waals surface area contributed by atoms with Crippen LogP contribution in [0.2, 0.25) is 0 Å². The zero-order chi connectivity index (χ0) is 14.2. The molecule has 0 atom stereocenters. The van der Waals surface area contributed by atoms with Crippen molar-refractivity contribution in [2.45, 2.75) is 0 Å². The van der Waals surface area contributed by atoms with Gasteiger partial charge in [-0.25, -0.2) is 0 Å². The molecule has 0 spiro atoms. The standard InChI is InChI=1S/C12H10.C4H5N3O/c1-3-7-11(8-4-1)12-9-5-2-6-10-12;5-4(8)3-1-2-6-7-3/h1-10H;1-2H,(H2,5,8)(H,6,7). The highest BCUT2D eigenvalue weighted by Gasteiger charge is 1.96. The van der Waals surface area contributed by atoms with Gasteiger partial charge in [0.1, 0.15) is 5.69 Å². The molecule has 3 aromatic rings. The van der Waals surface area contributed by atoms with E-state index in [4.69, 9.17) is 5.73 Å². The summed E-state index contributed by atoms with van der Waals surface area (Å²) in [6.45, 7) is 0. The number of amides is 1. The molecule has 0 saturated heterocycles. The number of carbonyl (C=O) groups is 1. The second-order valence-electron chi connectivity index (χ2n) is 4.07. The molecule has 0 radical (unpaired) electrons. The summed E-state index contributed by atoms with van der Waals surface area (Å²) in [5.74, 6) is -0.484. The predicted molar refractivity (Wildman–Crippen MR) is 79.0 cm³/mol. The molecular formula is C16H15N3O. The Kier molecular flexibility index (Phi) is 4.67. The van der Waals surface area contributed by atoms with E-state index in [2.05, 4.69) is 58.7 Å². The molecule has 2 aromatic carbocycles. The maximum absolute atomic E-state index is 10.2. The number of benzene rings is 2. The number of aromatic nitrogens is 2. The first-order valence-corrected chi connectivity index (χ1v) is 6.17. The molecule has 0 aliphatic heterocycles. The number of hydrogen-bond acceptors (Lipinski definition) is 2. The van der Waals surface area contributed by atoms with Gasteiger partial charge < -0.3 is 5.73 Å². The summed E-state index contributed by atoms with van der Waals surface area (Å²) < 4.78 is 0. The Morgan fingerprint density at radius 1 is 0.850 bits per heavy atom. The lowest BCUT2D eigenvalue weighted by Crippen LogP contribution is -2.10. The smallest absolute Gasteiger partial charge is 0.266 e. The number of nitrogens with two attached hydrogens (primary N) is 1. The minimum Gasteiger partial charge on any atom is -0.364 e. The number of H-pyrrole nitrogens is 1. The van der Waals surface area contributed by atoms with Gasteiger partial charge in [-0.3, -0.25) is 9.89 Å². The van der Waals surface area contributed by atoms with Crippen LogP contribution < -0.4 is 5.73 Å². The average molecular weight is 265 g/mol. The van der Waals surface area contributed by atoms with Gasteiger partial charge in [-0.05, 0) is 17.2 Å². The maximum atomic E-state index is 10.2. The van der Waals surface area contributed by atoms with Gasteiger partial charge >= 0.3 is 0 Å². The van der Waals surface area contributed by atoms with Crippen LogP contribution in [0.15, 0.2) is 72.9 Å². The van der Waals surface area contributed by atoms with E-state index in [9.17, 15) is 4.79 Å². The molecule has 1 heterocycles. The van der Waals surface area contributed by atoms with Crippen molar-refractivity contribution in [2.75, 3.05) is 0 Å². The van der Waals surface area contributed by atoms with Crippen LogP contribution in [-0.4, -0.2) is 16.1 Å². The number of nitrogens with zero attached hydrogens (tertiary/aromatic N) is 1. The zero-order valence-electron chi connectivity index (χ0n) is 10.9. The third-order valence-electron chi connectivity index (χ3n) is 2.65. The van der Waals surface area contributed by atoms with Crippen molar-refractivity contribution >= 4 is 5.91 Å². The molecule has 3 N–H and O–H groups in total. The van der Waals surface area contributed by atoms with Crippen molar-refractivity contribution in [3.05, 3.63) is 78.6 Å². The highest BCUT2D eigenvalue weighted by Crippen LogP contribution is 2.17. The van der Waals surface area contributed by atoms with Gasteiger partial charge in [0.25, 0.3) is 5.91 Å². The molecule has 1 amide bonds. The Labute approximate surface area is 117 Å². The number of aromatic amines is 1. The number of hydrogen-bond donors (Lipinski definition) is 2. The minimum absolute atomic E-state index is 0.338. The molecule has 0 bridgehead atoms.